The van der Waals surface area contributed by atoms with E-state index in [-0.39, 0.29) is 18.0 Å². The minimum atomic E-state index is -0.390. The fourth-order valence-corrected chi connectivity index (χ4v) is 1.94. The molecule has 0 N–H and O–H groups in total. The third-order valence-corrected chi connectivity index (χ3v) is 2.90. The van der Waals surface area contributed by atoms with E-state index in [1.54, 1.807) is 0 Å². The van der Waals surface area contributed by atoms with Crippen LogP contribution in [0.25, 0.3) is 0 Å². The first kappa shape index (κ1) is 11.6. The number of carbonyl (C=O) groups is 1. The molecule has 1 fully saturated rings. The van der Waals surface area contributed by atoms with Crippen molar-refractivity contribution in [2.45, 2.75) is 25.2 Å². The molecule has 1 saturated carbocycles. The van der Waals surface area contributed by atoms with Gasteiger partial charge in [-0.3, -0.25) is 4.79 Å². The van der Waals surface area contributed by atoms with Crippen LogP contribution in [0.1, 0.15) is 12.0 Å². The molecule has 0 bridgehead atoms. The zero-order valence-electron chi connectivity index (χ0n) is 8.98. The van der Waals surface area contributed by atoms with Crippen molar-refractivity contribution in [2.24, 2.45) is 0 Å². The van der Waals surface area contributed by atoms with E-state index in [2.05, 4.69) is 0 Å². The number of Topliss-reactive ketones (excluding diaryl/α,β-unsaturated/α-hetero) is 1. The summed E-state index contributed by atoms with van der Waals surface area (Å²) in [6.45, 7) is 0.457. The maximum atomic E-state index is 11.1. The van der Waals surface area contributed by atoms with E-state index >= 15 is 0 Å². The molecule has 2 unspecified atom stereocenters. The van der Waals surface area contributed by atoms with Crippen molar-refractivity contribution in [3.8, 4) is 0 Å². The zero-order valence-corrected chi connectivity index (χ0v) is 9.74. The number of carbonyl (C=O) groups excluding carboxylic acids is 1. The molecule has 2 rings (SSSR count). The highest BCUT2D eigenvalue weighted by Crippen LogP contribution is 2.23. The third kappa shape index (κ3) is 2.43. The molecule has 86 valence electrons. The van der Waals surface area contributed by atoms with Gasteiger partial charge in [-0.25, -0.2) is 0 Å². The van der Waals surface area contributed by atoms with E-state index in [0.29, 0.717) is 18.1 Å². The first-order valence-electron chi connectivity index (χ1n) is 5.12. The van der Waals surface area contributed by atoms with Crippen molar-refractivity contribution < 1.29 is 14.3 Å². The third-order valence-electron chi connectivity index (χ3n) is 2.66. The van der Waals surface area contributed by atoms with Crippen molar-refractivity contribution in [1.29, 1.82) is 0 Å². The van der Waals surface area contributed by atoms with Gasteiger partial charge < -0.3 is 9.47 Å². The Labute approximate surface area is 99.3 Å². The molecule has 4 heteroatoms. The molecule has 0 spiro atoms. The van der Waals surface area contributed by atoms with Gasteiger partial charge in [-0.15, -0.1) is 0 Å². The Morgan fingerprint density at radius 3 is 2.94 bits per heavy atom. The molecule has 0 aliphatic heterocycles. The Balaban J connectivity index is 1.86. The first-order valence-corrected chi connectivity index (χ1v) is 5.50. The highest BCUT2D eigenvalue weighted by molar-refractivity contribution is 6.30. The summed E-state index contributed by atoms with van der Waals surface area (Å²) in [5.41, 5.74) is 1.00. The summed E-state index contributed by atoms with van der Waals surface area (Å²) in [7, 11) is 1.53. The monoisotopic (exact) mass is 240 g/mol. The molecule has 16 heavy (non-hydrogen) atoms. The second-order valence-electron chi connectivity index (χ2n) is 3.81. The minimum Gasteiger partial charge on any atom is -0.371 e. The molecule has 3 nitrogen and oxygen atoms in total. The van der Waals surface area contributed by atoms with Crippen LogP contribution in [0, 0.1) is 0 Å². The predicted octanol–water partition coefficient (Wildman–Crippen LogP) is 2.21. The van der Waals surface area contributed by atoms with Crippen molar-refractivity contribution in [1.82, 2.24) is 0 Å². The van der Waals surface area contributed by atoms with Crippen molar-refractivity contribution in [2.75, 3.05) is 7.11 Å². The van der Waals surface area contributed by atoms with Crippen LogP contribution in [0.2, 0.25) is 5.02 Å². The Bertz CT molecular complexity index is 392. The summed E-state index contributed by atoms with van der Waals surface area (Å²) >= 11 is 5.85. The molecule has 0 saturated heterocycles. The van der Waals surface area contributed by atoms with Gasteiger partial charge >= 0.3 is 0 Å². The number of benzene rings is 1. The van der Waals surface area contributed by atoms with Crippen LogP contribution in [0.15, 0.2) is 24.3 Å². The number of ketones is 1. The largest absolute Gasteiger partial charge is 0.371 e. The fraction of sp³-hybridized carbons (Fsp3) is 0.417. The molecule has 1 aromatic carbocycles. The number of hydrogen-bond acceptors (Lipinski definition) is 3. The van der Waals surface area contributed by atoms with Gasteiger partial charge in [-0.2, -0.15) is 0 Å². The molecule has 0 aromatic heterocycles. The van der Waals surface area contributed by atoms with E-state index in [9.17, 15) is 4.79 Å². The molecular weight excluding hydrogens is 228 g/mol. The molecule has 0 radical (unpaired) electrons. The van der Waals surface area contributed by atoms with Crippen molar-refractivity contribution in [3.63, 3.8) is 0 Å². The quantitative estimate of drug-likeness (QED) is 0.810. The zero-order chi connectivity index (χ0) is 11.5. The van der Waals surface area contributed by atoms with Gasteiger partial charge in [0.1, 0.15) is 6.10 Å². The van der Waals surface area contributed by atoms with Gasteiger partial charge in [0.2, 0.25) is 0 Å². The van der Waals surface area contributed by atoms with E-state index in [1.807, 2.05) is 24.3 Å². The molecular formula is C12H13ClO3. The summed E-state index contributed by atoms with van der Waals surface area (Å²) in [6, 6.07) is 7.48. The number of ether oxygens (including phenoxy) is 2. The smallest absolute Gasteiger partial charge is 0.166 e. The van der Waals surface area contributed by atoms with Gasteiger partial charge in [0.05, 0.1) is 12.7 Å². The average Bonchev–Trinajstić information content (AvgIpc) is 2.24. The molecule has 0 heterocycles. The normalized spacial score (nSPS) is 24.2. The standard InChI is InChI=1S/C12H13ClO3/c1-15-12-10(14)6-11(12)16-7-8-3-2-4-9(13)5-8/h2-5,11-12H,6-7H2,1H3. The van der Waals surface area contributed by atoms with Gasteiger partial charge in [0.25, 0.3) is 0 Å². The lowest BCUT2D eigenvalue weighted by molar-refractivity contribution is -0.163. The second kappa shape index (κ2) is 4.95. The van der Waals surface area contributed by atoms with Gasteiger partial charge in [-0.1, -0.05) is 23.7 Å². The van der Waals surface area contributed by atoms with Crippen LogP contribution in [0.3, 0.4) is 0 Å². The van der Waals surface area contributed by atoms with E-state index in [4.69, 9.17) is 21.1 Å². The molecule has 1 aliphatic rings. The number of methoxy groups -OCH3 is 1. The Hall–Kier alpha value is -0.900. The summed E-state index contributed by atoms with van der Waals surface area (Å²) in [6.07, 6.45) is -0.0605. The van der Waals surface area contributed by atoms with Crippen molar-refractivity contribution >= 4 is 17.4 Å². The van der Waals surface area contributed by atoms with Crippen LogP contribution >= 0.6 is 11.6 Å². The van der Waals surface area contributed by atoms with E-state index in [0.717, 1.165) is 5.56 Å². The van der Waals surface area contributed by atoms with Gasteiger partial charge in [-0.05, 0) is 17.7 Å². The second-order valence-corrected chi connectivity index (χ2v) is 4.24. The Kier molecular flexibility index (Phi) is 3.59. The molecule has 0 amide bonds. The summed E-state index contributed by atoms with van der Waals surface area (Å²) in [5, 5.41) is 0.689. The van der Waals surface area contributed by atoms with Gasteiger partial charge in [0, 0.05) is 18.6 Å². The Morgan fingerprint density at radius 2 is 2.31 bits per heavy atom. The topological polar surface area (TPSA) is 35.5 Å². The van der Waals surface area contributed by atoms with Crippen LogP contribution in [-0.4, -0.2) is 25.1 Å². The molecule has 1 aromatic rings. The summed E-state index contributed by atoms with van der Waals surface area (Å²) < 4.78 is 10.6. The predicted molar refractivity (Wildman–Crippen MR) is 60.5 cm³/mol. The maximum Gasteiger partial charge on any atom is 0.166 e. The lowest BCUT2D eigenvalue weighted by Gasteiger charge is -2.33. The highest BCUT2D eigenvalue weighted by atomic mass is 35.5. The van der Waals surface area contributed by atoms with Crippen LogP contribution in [0.5, 0.6) is 0 Å². The first-order chi connectivity index (χ1) is 7.70. The van der Waals surface area contributed by atoms with Crippen LogP contribution in [-0.2, 0) is 20.9 Å². The van der Waals surface area contributed by atoms with Crippen LogP contribution in [0.4, 0.5) is 0 Å². The fourth-order valence-electron chi connectivity index (χ4n) is 1.73. The Morgan fingerprint density at radius 1 is 1.50 bits per heavy atom. The number of halogens is 1. The molecule has 2 atom stereocenters. The maximum absolute atomic E-state index is 11.1. The van der Waals surface area contributed by atoms with Crippen LogP contribution < -0.4 is 0 Å². The highest BCUT2D eigenvalue weighted by Gasteiger charge is 2.40. The molecule has 1 aliphatic carbocycles. The minimum absolute atomic E-state index is 0.110. The van der Waals surface area contributed by atoms with E-state index in [1.165, 1.54) is 7.11 Å². The number of rotatable bonds is 4. The SMILES string of the molecule is COC1C(=O)CC1OCc1cccc(Cl)c1. The van der Waals surface area contributed by atoms with Gasteiger partial charge in [0.15, 0.2) is 5.78 Å². The lowest BCUT2D eigenvalue weighted by Crippen LogP contribution is -2.49. The van der Waals surface area contributed by atoms with Crippen molar-refractivity contribution in [3.05, 3.63) is 34.9 Å². The van der Waals surface area contributed by atoms with E-state index < -0.39 is 0 Å². The average molecular weight is 241 g/mol. The lowest BCUT2D eigenvalue weighted by atomic mass is 9.90. The number of hydrogen-bond donors (Lipinski definition) is 0. The summed E-state index contributed by atoms with van der Waals surface area (Å²) in [5.74, 6) is 0.110. The summed E-state index contributed by atoms with van der Waals surface area (Å²) in [4.78, 5) is 11.1.